The molecule has 2 fully saturated rings. The summed E-state index contributed by atoms with van der Waals surface area (Å²) in [6, 6.07) is 1.52. The fourth-order valence-corrected chi connectivity index (χ4v) is 3.51. The lowest BCUT2D eigenvalue weighted by atomic mass is 9.92. The van der Waals surface area contributed by atoms with Crippen molar-refractivity contribution in [2.24, 2.45) is 5.92 Å². The van der Waals surface area contributed by atoms with Gasteiger partial charge in [-0.25, -0.2) is 0 Å². The average Bonchev–Trinajstić information content (AvgIpc) is 2.39. The third kappa shape index (κ3) is 3.94. The van der Waals surface area contributed by atoms with Crippen LogP contribution < -0.4 is 5.32 Å². The van der Waals surface area contributed by atoms with Crippen molar-refractivity contribution in [3.8, 4) is 0 Å². The predicted octanol–water partition coefficient (Wildman–Crippen LogP) is 1.79. The molecule has 0 aromatic heterocycles. The number of rotatable bonds is 4. The molecule has 0 aromatic rings. The van der Waals surface area contributed by atoms with Crippen LogP contribution in [0.2, 0.25) is 0 Å². The van der Waals surface area contributed by atoms with E-state index in [1.165, 1.54) is 58.3 Å². The molecule has 0 bridgehead atoms. The molecule has 0 radical (unpaired) electrons. The molecule has 0 aromatic carbocycles. The van der Waals surface area contributed by atoms with E-state index in [0.717, 1.165) is 18.0 Å². The molecule has 2 aliphatic heterocycles. The Balaban J connectivity index is 1.67. The first-order chi connectivity index (χ1) is 8.69. The Morgan fingerprint density at radius 1 is 1.11 bits per heavy atom. The van der Waals surface area contributed by atoms with Crippen LogP contribution in [-0.2, 0) is 0 Å². The van der Waals surface area contributed by atoms with Crippen molar-refractivity contribution in [2.45, 2.75) is 51.1 Å². The van der Waals surface area contributed by atoms with Crippen LogP contribution in [-0.4, -0.2) is 62.2 Å². The zero-order chi connectivity index (χ0) is 13.0. The second-order valence-electron chi connectivity index (χ2n) is 6.43. The van der Waals surface area contributed by atoms with Crippen LogP contribution in [0.1, 0.15) is 39.0 Å². The summed E-state index contributed by atoms with van der Waals surface area (Å²) in [5.74, 6) is 0.982. The van der Waals surface area contributed by atoms with E-state index in [-0.39, 0.29) is 0 Å². The van der Waals surface area contributed by atoms with E-state index in [4.69, 9.17) is 0 Å². The molecule has 2 rings (SSSR count). The van der Waals surface area contributed by atoms with Crippen molar-refractivity contribution in [2.75, 3.05) is 40.3 Å². The minimum Gasteiger partial charge on any atom is -0.317 e. The predicted molar refractivity (Wildman–Crippen MR) is 78.0 cm³/mol. The molecule has 0 saturated carbocycles. The van der Waals surface area contributed by atoms with Gasteiger partial charge in [-0.1, -0.05) is 0 Å². The van der Waals surface area contributed by atoms with E-state index >= 15 is 0 Å². The van der Waals surface area contributed by atoms with Crippen molar-refractivity contribution in [3.63, 3.8) is 0 Å². The third-order valence-electron chi connectivity index (χ3n) is 5.08. The van der Waals surface area contributed by atoms with Gasteiger partial charge in [0.1, 0.15) is 0 Å². The van der Waals surface area contributed by atoms with Crippen LogP contribution in [0.15, 0.2) is 0 Å². The Labute approximate surface area is 113 Å². The van der Waals surface area contributed by atoms with Gasteiger partial charge in [-0.2, -0.15) is 0 Å². The maximum Gasteiger partial charge on any atom is 0.00910 e. The van der Waals surface area contributed by atoms with E-state index in [1.54, 1.807) is 0 Å². The van der Waals surface area contributed by atoms with Crippen molar-refractivity contribution in [3.05, 3.63) is 0 Å². The molecule has 2 unspecified atom stereocenters. The van der Waals surface area contributed by atoms with Crippen LogP contribution >= 0.6 is 0 Å². The second-order valence-corrected chi connectivity index (χ2v) is 6.43. The molecule has 2 aliphatic rings. The molecule has 18 heavy (non-hydrogen) atoms. The summed E-state index contributed by atoms with van der Waals surface area (Å²) in [5, 5.41) is 3.43. The highest BCUT2D eigenvalue weighted by Gasteiger charge is 2.25. The van der Waals surface area contributed by atoms with Crippen molar-refractivity contribution in [1.82, 2.24) is 15.1 Å². The lowest BCUT2D eigenvalue weighted by molar-refractivity contribution is 0.120. The molecule has 0 amide bonds. The van der Waals surface area contributed by atoms with Crippen LogP contribution in [0.25, 0.3) is 0 Å². The summed E-state index contributed by atoms with van der Waals surface area (Å²) in [7, 11) is 4.35. The smallest absolute Gasteiger partial charge is 0.00910 e. The van der Waals surface area contributed by atoms with Crippen LogP contribution in [0.5, 0.6) is 0 Å². The number of piperidine rings is 2. The largest absolute Gasteiger partial charge is 0.317 e. The number of hydrogen-bond acceptors (Lipinski definition) is 3. The lowest BCUT2D eigenvalue weighted by Crippen LogP contribution is -2.47. The van der Waals surface area contributed by atoms with Gasteiger partial charge in [-0.3, -0.25) is 0 Å². The van der Waals surface area contributed by atoms with E-state index in [2.05, 4.69) is 36.1 Å². The Kier molecular flexibility index (Phi) is 5.46. The lowest BCUT2D eigenvalue weighted by Gasteiger charge is -2.39. The van der Waals surface area contributed by atoms with E-state index in [9.17, 15) is 0 Å². The van der Waals surface area contributed by atoms with Gasteiger partial charge in [0.2, 0.25) is 0 Å². The fourth-order valence-electron chi connectivity index (χ4n) is 3.51. The molecule has 106 valence electrons. The summed E-state index contributed by atoms with van der Waals surface area (Å²) < 4.78 is 0. The Morgan fingerprint density at radius 3 is 2.44 bits per heavy atom. The van der Waals surface area contributed by atoms with Gasteiger partial charge in [-0.15, -0.1) is 0 Å². The standard InChI is InChI=1S/C15H31N3/c1-13-12-15(16-2)7-11-18(13)10-6-14-4-8-17(3)9-5-14/h13-16H,4-12H2,1-3H3. The number of nitrogens with one attached hydrogen (secondary N) is 1. The number of nitrogens with zero attached hydrogens (tertiary/aromatic N) is 2. The Bertz CT molecular complexity index is 236. The van der Waals surface area contributed by atoms with Crippen molar-refractivity contribution < 1.29 is 0 Å². The molecule has 0 aliphatic carbocycles. The first kappa shape index (κ1) is 14.3. The number of hydrogen-bond donors (Lipinski definition) is 1. The molecular weight excluding hydrogens is 222 g/mol. The molecule has 3 nitrogen and oxygen atoms in total. The summed E-state index contributed by atoms with van der Waals surface area (Å²) in [6.07, 6.45) is 6.90. The zero-order valence-electron chi connectivity index (χ0n) is 12.5. The van der Waals surface area contributed by atoms with E-state index < -0.39 is 0 Å². The van der Waals surface area contributed by atoms with Crippen LogP contribution in [0.4, 0.5) is 0 Å². The van der Waals surface area contributed by atoms with Crippen LogP contribution in [0.3, 0.4) is 0 Å². The van der Waals surface area contributed by atoms with Gasteiger partial charge in [0, 0.05) is 12.1 Å². The summed E-state index contributed by atoms with van der Waals surface area (Å²) in [4.78, 5) is 5.18. The molecular formula is C15H31N3. The Morgan fingerprint density at radius 2 is 1.83 bits per heavy atom. The van der Waals surface area contributed by atoms with Gasteiger partial charge in [0.15, 0.2) is 0 Å². The SMILES string of the molecule is CNC1CCN(CCC2CCN(C)CC2)C(C)C1. The summed E-state index contributed by atoms with van der Waals surface area (Å²) in [5.41, 5.74) is 0. The maximum absolute atomic E-state index is 3.43. The topological polar surface area (TPSA) is 18.5 Å². The average molecular weight is 253 g/mol. The molecule has 2 heterocycles. The summed E-state index contributed by atoms with van der Waals surface area (Å²) >= 11 is 0. The number of likely N-dealkylation sites (tertiary alicyclic amines) is 2. The minimum atomic E-state index is 0.750. The fraction of sp³-hybridized carbons (Fsp3) is 1.00. The van der Waals surface area contributed by atoms with Gasteiger partial charge in [-0.05, 0) is 85.2 Å². The van der Waals surface area contributed by atoms with Gasteiger partial charge in [0.25, 0.3) is 0 Å². The molecule has 1 N–H and O–H groups in total. The van der Waals surface area contributed by atoms with Gasteiger partial charge in [0.05, 0.1) is 0 Å². The quantitative estimate of drug-likeness (QED) is 0.824. The first-order valence-electron chi connectivity index (χ1n) is 7.79. The zero-order valence-corrected chi connectivity index (χ0v) is 12.5. The van der Waals surface area contributed by atoms with E-state index in [1.807, 2.05) is 0 Å². The molecule has 3 heteroatoms. The maximum atomic E-state index is 3.43. The molecule has 0 spiro atoms. The molecule has 2 saturated heterocycles. The highest BCUT2D eigenvalue weighted by Crippen LogP contribution is 2.23. The van der Waals surface area contributed by atoms with Gasteiger partial charge < -0.3 is 15.1 Å². The van der Waals surface area contributed by atoms with E-state index in [0.29, 0.717) is 0 Å². The highest BCUT2D eigenvalue weighted by atomic mass is 15.2. The van der Waals surface area contributed by atoms with Gasteiger partial charge >= 0.3 is 0 Å². The van der Waals surface area contributed by atoms with Crippen molar-refractivity contribution >= 4 is 0 Å². The third-order valence-corrected chi connectivity index (χ3v) is 5.08. The normalized spacial score (nSPS) is 32.8. The summed E-state index contributed by atoms with van der Waals surface area (Å²) in [6.45, 7) is 7.63. The van der Waals surface area contributed by atoms with Crippen molar-refractivity contribution in [1.29, 1.82) is 0 Å². The van der Waals surface area contributed by atoms with Crippen LogP contribution in [0, 0.1) is 5.92 Å². The minimum absolute atomic E-state index is 0.750. The molecule has 2 atom stereocenters. The first-order valence-corrected chi connectivity index (χ1v) is 7.79. The second kappa shape index (κ2) is 6.88. The monoisotopic (exact) mass is 253 g/mol. The Hall–Kier alpha value is -0.120. The highest BCUT2D eigenvalue weighted by molar-refractivity contribution is 4.83.